The monoisotopic (exact) mass is 570 g/mol. The lowest BCUT2D eigenvalue weighted by atomic mass is 9.97. The molecule has 0 saturated heterocycles. The highest BCUT2D eigenvalue weighted by Gasteiger charge is 2.35. The number of halogens is 1. The quantitative estimate of drug-likeness (QED) is 0.181. The molecule has 0 radical (unpaired) electrons. The molecule has 7 heteroatoms. The maximum Gasteiger partial charge on any atom is 0.329 e. The normalized spacial score (nSPS) is 17.4. The fourth-order valence-electron chi connectivity index (χ4n) is 5.33. The molecule has 0 spiro atoms. The Balaban J connectivity index is 1.31. The number of ether oxygens (including phenoxy) is 2. The zero-order valence-electron chi connectivity index (χ0n) is 21.1. The van der Waals surface area contributed by atoms with E-state index in [1.54, 1.807) is 16.2 Å². The zero-order valence-corrected chi connectivity index (χ0v) is 22.7. The number of para-hydroxylation sites is 1. The van der Waals surface area contributed by atoms with E-state index < -0.39 is 12.0 Å². The van der Waals surface area contributed by atoms with Crippen molar-refractivity contribution in [2.45, 2.75) is 36.9 Å². The number of hydrogen-bond donors (Lipinski definition) is 0. The average Bonchev–Trinajstić information content (AvgIpc) is 3.21. The van der Waals surface area contributed by atoms with Crippen LogP contribution in [0.2, 0.25) is 0 Å². The van der Waals surface area contributed by atoms with Crippen LogP contribution in [0.3, 0.4) is 0 Å². The first-order valence-electron chi connectivity index (χ1n) is 12.6. The number of aromatic nitrogens is 2. The lowest BCUT2D eigenvalue weighted by Crippen LogP contribution is -2.34. The van der Waals surface area contributed by atoms with E-state index in [1.165, 1.54) is 0 Å². The number of esters is 1. The summed E-state index contributed by atoms with van der Waals surface area (Å²) in [6, 6.07) is 27.6. The molecule has 5 aromatic rings. The number of rotatable bonds is 6. The predicted octanol–water partition coefficient (Wildman–Crippen LogP) is 6.18. The highest BCUT2D eigenvalue weighted by atomic mass is 79.9. The minimum atomic E-state index is -0.509. The van der Waals surface area contributed by atoms with Gasteiger partial charge in [-0.25, -0.2) is 4.79 Å². The Morgan fingerprint density at radius 1 is 1.00 bits per heavy atom. The van der Waals surface area contributed by atoms with Crippen LogP contribution in [0, 0.1) is 0 Å². The SMILES string of the molecule is COc1ccc2cc([C@@H](C)C(=O)O[C@H]3c4cccc5c4n(c(=O)n5Cc4ccccc4)CC3Br)ccc2c1. The summed E-state index contributed by atoms with van der Waals surface area (Å²) >= 11 is 3.72. The zero-order chi connectivity index (χ0) is 26.4. The van der Waals surface area contributed by atoms with E-state index in [1.807, 2.05) is 91.9 Å². The first-order valence-corrected chi connectivity index (χ1v) is 13.5. The number of imidazole rings is 1. The van der Waals surface area contributed by atoms with E-state index in [0.29, 0.717) is 13.1 Å². The first kappa shape index (κ1) is 24.5. The van der Waals surface area contributed by atoms with Gasteiger partial charge in [-0.3, -0.25) is 13.9 Å². The lowest BCUT2D eigenvalue weighted by molar-refractivity contribution is -0.151. The minimum Gasteiger partial charge on any atom is -0.497 e. The van der Waals surface area contributed by atoms with E-state index in [-0.39, 0.29) is 16.5 Å². The molecule has 38 heavy (non-hydrogen) atoms. The Bertz CT molecular complexity index is 1720. The third-order valence-electron chi connectivity index (χ3n) is 7.41. The Kier molecular flexibility index (Phi) is 6.32. The van der Waals surface area contributed by atoms with Crippen LogP contribution in [-0.4, -0.2) is 27.0 Å². The van der Waals surface area contributed by atoms with Crippen LogP contribution in [0.4, 0.5) is 0 Å². The van der Waals surface area contributed by atoms with Gasteiger partial charge in [-0.15, -0.1) is 0 Å². The van der Waals surface area contributed by atoms with Crippen molar-refractivity contribution < 1.29 is 14.3 Å². The minimum absolute atomic E-state index is 0.0632. The van der Waals surface area contributed by atoms with E-state index in [9.17, 15) is 9.59 Å². The summed E-state index contributed by atoms with van der Waals surface area (Å²) in [6.45, 7) is 2.76. The lowest BCUT2D eigenvalue weighted by Gasteiger charge is -2.29. The Morgan fingerprint density at radius 3 is 2.55 bits per heavy atom. The van der Waals surface area contributed by atoms with Gasteiger partial charge in [0.25, 0.3) is 0 Å². The van der Waals surface area contributed by atoms with Crippen LogP contribution in [0.5, 0.6) is 5.75 Å². The van der Waals surface area contributed by atoms with Crippen LogP contribution in [-0.2, 0) is 22.6 Å². The molecule has 0 saturated carbocycles. The number of methoxy groups -OCH3 is 1. The van der Waals surface area contributed by atoms with Gasteiger partial charge in [0.2, 0.25) is 0 Å². The number of carbonyl (C=O) groups excluding carboxylic acids is 1. The number of carbonyl (C=O) groups is 1. The summed E-state index contributed by atoms with van der Waals surface area (Å²) in [4.78, 5) is 26.6. The molecule has 4 aromatic carbocycles. The predicted molar refractivity (Wildman–Crippen MR) is 152 cm³/mol. The van der Waals surface area contributed by atoms with Gasteiger partial charge >= 0.3 is 11.7 Å². The molecule has 0 N–H and O–H groups in total. The molecule has 192 valence electrons. The van der Waals surface area contributed by atoms with Crippen molar-refractivity contribution in [2.75, 3.05) is 7.11 Å². The molecular weight excluding hydrogens is 544 g/mol. The van der Waals surface area contributed by atoms with Gasteiger partial charge in [0, 0.05) is 12.1 Å². The topological polar surface area (TPSA) is 62.5 Å². The third-order valence-corrected chi connectivity index (χ3v) is 8.18. The maximum absolute atomic E-state index is 13.4. The van der Waals surface area contributed by atoms with Gasteiger partial charge in [-0.2, -0.15) is 0 Å². The largest absolute Gasteiger partial charge is 0.497 e. The second-order valence-corrected chi connectivity index (χ2v) is 10.9. The van der Waals surface area contributed by atoms with Gasteiger partial charge in [0.05, 0.1) is 35.4 Å². The van der Waals surface area contributed by atoms with Crippen LogP contribution < -0.4 is 10.4 Å². The number of fused-ring (bicyclic) bond motifs is 1. The second kappa shape index (κ2) is 9.80. The molecule has 1 unspecified atom stereocenters. The van der Waals surface area contributed by atoms with Crippen LogP contribution >= 0.6 is 15.9 Å². The summed E-state index contributed by atoms with van der Waals surface area (Å²) < 4.78 is 15.1. The van der Waals surface area contributed by atoms with Crippen LogP contribution in [0.1, 0.15) is 35.6 Å². The number of hydrogen-bond acceptors (Lipinski definition) is 4. The summed E-state index contributed by atoms with van der Waals surface area (Å²) in [6.07, 6.45) is -0.509. The van der Waals surface area contributed by atoms with Crippen molar-refractivity contribution in [1.29, 1.82) is 0 Å². The highest BCUT2D eigenvalue weighted by Crippen LogP contribution is 2.38. The first-order chi connectivity index (χ1) is 18.4. The third kappa shape index (κ3) is 4.21. The van der Waals surface area contributed by atoms with E-state index in [4.69, 9.17) is 9.47 Å². The molecule has 0 aliphatic carbocycles. The number of benzene rings is 4. The summed E-state index contributed by atoms with van der Waals surface area (Å²) in [5.41, 5.74) is 4.39. The number of nitrogens with zero attached hydrogens (tertiary/aromatic N) is 2. The molecule has 6 nitrogen and oxygen atoms in total. The maximum atomic E-state index is 13.4. The molecule has 1 aromatic heterocycles. The molecule has 2 heterocycles. The van der Waals surface area contributed by atoms with Gasteiger partial charge in [0.1, 0.15) is 11.9 Å². The van der Waals surface area contributed by atoms with Crippen LogP contribution in [0.25, 0.3) is 21.8 Å². The molecule has 3 atom stereocenters. The smallest absolute Gasteiger partial charge is 0.329 e. The molecule has 1 aliphatic rings. The molecule has 6 rings (SSSR count). The van der Waals surface area contributed by atoms with Crippen molar-refractivity contribution >= 4 is 43.7 Å². The van der Waals surface area contributed by atoms with Gasteiger partial charge in [-0.05, 0) is 47.0 Å². The molecule has 1 aliphatic heterocycles. The standard InChI is InChI=1S/C31H27BrN2O4/c1-19(21-11-12-23-16-24(37-2)14-13-22(23)15-21)30(35)38-29-25-9-6-10-27-28(25)34(18-26(29)32)31(36)33(27)17-20-7-4-3-5-8-20/h3-16,19,26,29H,17-18H2,1-2H3/t19-,26?,29+/m1/s1. The van der Waals surface area contributed by atoms with Gasteiger partial charge < -0.3 is 9.47 Å². The molecule has 0 fully saturated rings. The van der Waals surface area contributed by atoms with E-state index >= 15 is 0 Å². The summed E-state index contributed by atoms with van der Waals surface area (Å²) in [5, 5.41) is 2.08. The Hall–Kier alpha value is -3.84. The molecule has 0 amide bonds. The Labute approximate surface area is 228 Å². The highest BCUT2D eigenvalue weighted by molar-refractivity contribution is 9.09. The van der Waals surface area contributed by atoms with Crippen molar-refractivity contribution in [3.8, 4) is 5.75 Å². The summed E-state index contributed by atoms with van der Waals surface area (Å²) in [5.74, 6) is 0.0413. The fourth-order valence-corrected chi connectivity index (χ4v) is 6.01. The average molecular weight is 571 g/mol. The molecule has 0 bridgehead atoms. The van der Waals surface area contributed by atoms with Crippen LogP contribution in [0.15, 0.2) is 89.7 Å². The van der Waals surface area contributed by atoms with Gasteiger partial charge in [-0.1, -0.05) is 82.7 Å². The Morgan fingerprint density at radius 2 is 1.76 bits per heavy atom. The number of alkyl halides is 1. The summed E-state index contributed by atoms with van der Waals surface area (Å²) in [7, 11) is 1.65. The fraction of sp³-hybridized carbons (Fsp3) is 0.226. The van der Waals surface area contributed by atoms with Crippen molar-refractivity contribution in [1.82, 2.24) is 9.13 Å². The van der Waals surface area contributed by atoms with Gasteiger partial charge in [0.15, 0.2) is 0 Å². The van der Waals surface area contributed by atoms with Crippen molar-refractivity contribution in [2.24, 2.45) is 0 Å². The van der Waals surface area contributed by atoms with Crippen molar-refractivity contribution in [3.63, 3.8) is 0 Å². The molecular formula is C31H27BrN2O4. The van der Waals surface area contributed by atoms with E-state index in [2.05, 4.69) is 15.9 Å². The van der Waals surface area contributed by atoms with E-state index in [0.717, 1.165) is 44.2 Å². The van der Waals surface area contributed by atoms with Crippen molar-refractivity contribution in [3.05, 3.63) is 112 Å². The second-order valence-electron chi connectivity index (χ2n) is 9.75.